The van der Waals surface area contributed by atoms with Crippen molar-refractivity contribution in [3.63, 3.8) is 0 Å². The summed E-state index contributed by atoms with van der Waals surface area (Å²) in [5.41, 5.74) is 0.851. The third kappa shape index (κ3) is 4.90. The number of hydrogen-bond donors (Lipinski definition) is 1. The Morgan fingerprint density at radius 1 is 1.11 bits per heavy atom. The Morgan fingerprint density at radius 2 is 1.86 bits per heavy atom. The van der Waals surface area contributed by atoms with Gasteiger partial charge in [-0.15, -0.1) is 0 Å². The molecule has 1 saturated heterocycles. The molecular formula is C23H27FN2O2. The number of carbonyl (C=O) groups excluding carboxylic acids is 1. The summed E-state index contributed by atoms with van der Waals surface area (Å²) in [6, 6.07) is 16.1. The van der Waals surface area contributed by atoms with Crippen molar-refractivity contribution in [3.8, 4) is 5.75 Å². The van der Waals surface area contributed by atoms with Gasteiger partial charge in [-0.05, 0) is 62.1 Å². The van der Waals surface area contributed by atoms with Crippen LogP contribution in [0.3, 0.4) is 0 Å². The van der Waals surface area contributed by atoms with Crippen molar-refractivity contribution < 1.29 is 13.9 Å². The number of nitrogens with one attached hydrogen (secondary N) is 1. The van der Waals surface area contributed by atoms with Gasteiger partial charge < -0.3 is 10.1 Å². The molecular weight excluding hydrogens is 355 g/mol. The van der Waals surface area contributed by atoms with E-state index in [9.17, 15) is 9.18 Å². The molecule has 4 nitrogen and oxygen atoms in total. The van der Waals surface area contributed by atoms with Crippen LogP contribution in [0, 0.1) is 11.7 Å². The number of hydrogen-bond acceptors (Lipinski definition) is 3. The van der Waals surface area contributed by atoms with Crippen molar-refractivity contribution in [2.45, 2.75) is 37.8 Å². The lowest BCUT2D eigenvalue weighted by Gasteiger charge is -2.37. The van der Waals surface area contributed by atoms with Crippen LogP contribution in [0.1, 0.15) is 37.3 Å². The average Bonchev–Trinajstić information content (AvgIpc) is 3.53. The highest BCUT2D eigenvalue weighted by Gasteiger charge is 2.34. The van der Waals surface area contributed by atoms with Crippen molar-refractivity contribution in [1.29, 1.82) is 0 Å². The average molecular weight is 382 g/mol. The van der Waals surface area contributed by atoms with Crippen LogP contribution in [0.4, 0.5) is 4.39 Å². The molecule has 0 radical (unpaired) electrons. The Bertz CT molecular complexity index is 777. The van der Waals surface area contributed by atoms with Crippen LogP contribution in [0.25, 0.3) is 0 Å². The van der Waals surface area contributed by atoms with Crippen LogP contribution in [-0.2, 0) is 4.79 Å². The molecule has 28 heavy (non-hydrogen) atoms. The highest BCUT2D eigenvalue weighted by atomic mass is 19.1. The monoisotopic (exact) mass is 382 g/mol. The third-order valence-corrected chi connectivity index (χ3v) is 5.50. The van der Waals surface area contributed by atoms with E-state index in [0.717, 1.165) is 50.1 Å². The van der Waals surface area contributed by atoms with Crippen molar-refractivity contribution in [2.75, 3.05) is 19.7 Å². The lowest BCUT2D eigenvalue weighted by Crippen LogP contribution is -2.46. The molecule has 1 saturated carbocycles. The Hall–Kier alpha value is -2.40. The second-order valence-corrected chi connectivity index (χ2v) is 7.86. The summed E-state index contributed by atoms with van der Waals surface area (Å²) in [4.78, 5) is 15.2. The summed E-state index contributed by atoms with van der Waals surface area (Å²) < 4.78 is 19.4. The molecule has 148 valence electrons. The molecule has 0 bridgehead atoms. The van der Waals surface area contributed by atoms with Crippen molar-refractivity contribution in [1.82, 2.24) is 10.2 Å². The van der Waals surface area contributed by atoms with E-state index in [4.69, 9.17) is 4.74 Å². The molecule has 5 heteroatoms. The second kappa shape index (κ2) is 8.74. The number of rotatable bonds is 7. The molecule has 2 aromatic rings. The topological polar surface area (TPSA) is 41.6 Å². The molecule has 1 amide bonds. The van der Waals surface area contributed by atoms with Gasteiger partial charge in [0.1, 0.15) is 17.6 Å². The maximum Gasteiger partial charge on any atom is 0.242 e. The number of halogens is 1. The van der Waals surface area contributed by atoms with E-state index in [0.29, 0.717) is 18.6 Å². The zero-order chi connectivity index (χ0) is 19.3. The summed E-state index contributed by atoms with van der Waals surface area (Å²) >= 11 is 0. The van der Waals surface area contributed by atoms with Gasteiger partial charge in [0.25, 0.3) is 0 Å². The molecule has 2 aromatic carbocycles. The standard InChI is InChI=1S/C23H27FN2O2/c24-19-10-8-18(9-11-19)22(23(27)25-20-12-13-20)26-14-4-5-17(15-26)16-28-21-6-2-1-3-7-21/h1-3,6-11,17,20,22H,4-5,12-16H2,(H,25,27). The fourth-order valence-electron chi connectivity index (χ4n) is 3.88. The minimum Gasteiger partial charge on any atom is -0.493 e. The molecule has 1 heterocycles. The largest absolute Gasteiger partial charge is 0.493 e. The molecule has 2 fully saturated rings. The van der Waals surface area contributed by atoms with Crippen molar-refractivity contribution >= 4 is 5.91 Å². The van der Waals surface area contributed by atoms with E-state index in [2.05, 4.69) is 10.2 Å². The fourth-order valence-corrected chi connectivity index (χ4v) is 3.88. The van der Waals surface area contributed by atoms with Gasteiger partial charge in [0.05, 0.1) is 6.61 Å². The fraction of sp³-hybridized carbons (Fsp3) is 0.435. The van der Waals surface area contributed by atoms with Gasteiger partial charge in [0.2, 0.25) is 5.91 Å². The maximum absolute atomic E-state index is 13.4. The maximum atomic E-state index is 13.4. The number of para-hydroxylation sites is 1. The number of piperidine rings is 1. The number of likely N-dealkylation sites (tertiary alicyclic amines) is 1. The smallest absolute Gasteiger partial charge is 0.242 e. The first kappa shape index (κ1) is 18.9. The summed E-state index contributed by atoms with van der Waals surface area (Å²) in [7, 11) is 0. The molecule has 1 aliphatic carbocycles. The predicted molar refractivity (Wildman–Crippen MR) is 107 cm³/mol. The van der Waals surface area contributed by atoms with Crippen molar-refractivity contribution in [3.05, 3.63) is 66.0 Å². The minimum absolute atomic E-state index is 0.0266. The molecule has 1 N–H and O–H groups in total. The van der Waals surface area contributed by atoms with Crippen LogP contribution in [0.5, 0.6) is 5.75 Å². The highest BCUT2D eigenvalue weighted by Crippen LogP contribution is 2.29. The minimum atomic E-state index is -0.374. The number of nitrogens with zero attached hydrogens (tertiary/aromatic N) is 1. The molecule has 2 unspecified atom stereocenters. The van der Waals surface area contributed by atoms with Crippen molar-refractivity contribution in [2.24, 2.45) is 5.92 Å². The van der Waals surface area contributed by atoms with E-state index >= 15 is 0 Å². The van der Waals surface area contributed by atoms with E-state index in [-0.39, 0.29) is 17.8 Å². The van der Waals surface area contributed by atoms with Gasteiger partial charge in [-0.2, -0.15) is 0 Å². The Morgan fingerprint density at radius 3 is 2.57 bits per heavy atom. The lowest BCUT2D eigenvalue weighted by atomic mass is 9.94. The normalized spacial score (nSPS) is 21.1. The Kier molecular flexibility index (Phi) is 5.91. The quantitative estimate of drug-likeness (QED) is 0.789. The molecule has 4 rings (SSSR count). The van der Waals surface area contributed by atoms with Crippen LogP contribution in [0.2, 0.25) is 0 Å². The zero-order valence-corrected chi connectivity index (χ0v) is 16.0. The van der Waals surface area contributed by atoms with E-state index in [1.807, 2.05) is 30.3 Å². The van der Waals surface area contributed by atoms with Crippen LogP contribution in [-0.4, -0.2) is 36.5 Å². The molecule has 0 aromatic heterocycles. The first-order valence-corrected chi connectivity index (χ1v) is 10.2. The highest BCUT2D eigenvalue weighted by molar-refractivity contribution is 5.83. The van der Waals surface area contributed by atoms with Crippen LogP contribution >= 0.6 is 0 Å². The summed E-state index contributed by atoms with van der Waals surface area (Å²) in [5.74, 6) is 0.989. The number of ether oxygens (including phenoxy) is 1. The van der Waals surface area contributed by atoms with Gasteiger partial charge in [-0.25, -0.2) is 4.39 Å². The summed E-state index contributed by atoms with van der Waals surface area (Å²) in [5, 5.41) is 3.13. The summed E-state index contributed by atoms with van der Waals surface area (Å²) in [6.07, 6.45) is 4.21. The van der Waals surface area contributed by atoms with Gasteiger partial charge >= 0.3 is 0 Å². The first-order chi connectivity index (χ1) is 13.7. The molecule has 2 atom stereocenters. The number of amides is 1. The van der Waals surface area contributed by atoms with E-state index < -0.39 is 0 Å². The first-order valence-electron chi connectivity index (χ1n) is 10.2. The number of benzene rings is 2. The van der Waals surface area contributed by atoms with Gasteiger partial charge in [-0.3, -0.25) is 9.69 Å². The zero-order valence-electron chi connectivity index (χ0n) is 16.0. The molecule has 2 aliphatic rings. The van der Waals surface area contributed by atoms with Gasteiger partial charge in [-0.1, -0.05) is 30.3 Å². The van der Waals surface area contributed by atoms with Crippen LogP contribution in [0.15, 0.2) is 54.6 Å². The Labute approximate surface area is 165 Å². The summed E-state index contributed by atoms with van der Waals surface area (Å²) in [6.45, 7) is 2.30. The number of carbonyl (C=O) groups is 1. The predicted octanol–water partition coefficient (Wildman–Crippen LogP) is 3.94. The molecule has 1 aliphatic heterocycles. The van der Waals surface area contributed by atoms with Gasteiger partial charge in [0, 0.05) is 18.5 Å². The lowest BCUT2D eigenvalue weighted by molar-refractivity contribution is -0.127. The SMILES string of the molecule is O=C(NC1CC1)C(c1ccc(F)cc1)N1CCCC(COc2ccccc2)C1. The van der Waals surface area contributed by atoms with E-state index in [1.54, 1.807) is 12.1 Å². The van der Waals surface area contributed by atoms with Gasteiger partial charge in [0.15, 0.2) is 0 Å². The van der Waals surface area contributed by atoms with E-state index in [1.165, 1.54) is 12.1 Å². The molecule has 0 spiro atoms. The second-order valence-electron chi connectivity index (χ2n) is 7.86. The third-order valence-electron chi connectivity index (χ3n) is 5.50. The van der Waals surface area contributed by atoms with Crippen LogP contribution < -0.4 is 10.1 Å². The Balaban J connectivity index is 1.45.